The van der Waals surface area contributed by atoms with Crippen molar-refractivity contribution in [2.24, 2.45) is 0 Å². The molecular formula is C11H10N4S. The lowest BCUT2D eigenvalue weighted by molar-refractivity contribution is 1.05. The lowest BCUT2D eigenvalue weighted by atomic mass is 10.3. The molecule has 80 valence electrons. The largest absolute Gasteiger partial charge is 0.369 e. The Hall–Kier alpha value is -1.93. The first-order valence-corrected chi connectivity index (χ1v) is 5.58. The predicted molar refractivity (Wildman–Crippen MR) is 63.1 cm³/mol. The Morgan fingerprint density at radius 2 is 2.38 bits per heavy atom. The summed E-state index contributed by atoms with van der Waals surface area (Å²) in [5.41, 5.74) is 2.34. The SMILES string of the molecule is Cc1nsc(NCc2ccccn2)c1C#N. The number of aromatic nitrogens is 2. The van der Waals surface area contributed by atoms with Gasteiger partial charge in [-0.1, -0.05) is 6.07 Å². The Balaban J connectivity index is 2.09. The van der Waals surface area contributed by atoms with E-state index in [-0.39, 0.29) is 0 Å². The van der Waals surface area contributed by atoms with E-state index in [2.05, 4.69) is 20.7 Å². The summed E-state index contributed by atoms with van der Waals surface area (Å²) in [6.45, 7) is 2.44. The number of hydrogen-bond donors (Lipinski definition) is 1. The monoisotopic (exact) mass is 230 g/mol. The Bertz CT molecular complexity index is 513. The molecule has 0 bridgehead atoms. The van der Waals surface area contributed by atoms with E-state index in [0.29, 0.717) is 12.1 Å². The first-order valence-electron chi connectivity index (χ1n) is 4.81. The molecule has 0 radical (unpaired) electrons. The molecule has 0 aliphatic carbocycles. The van der Waals surface area contributed by atoms with Crippen LogP contribution in [0.3, 0.4) is 0 Å². The van der Waals surface area contributed by atoms with Crippen LogP contribution in [0.1, 0.15) is 17.0 Å². The van der Waals surface area contributed by atoms with Gasteiger partial charge in [0.2, 0.25) is 0 Å². The molecule has 0 saturated carbocycles. The van der Waals surface area contributed by atoms with Crippen molar-refractivity contribution in [2.45, 2.75) is 13.5 Å². The Morgan fingerprint density at radius 3 is 3.06 bits per heavy atom. The number of aryl methyl sites for hydroxylation is 1. The van der Waals surface area contributed by atoms with Gasteiger partial charge in [-0.15, -0.1) is 0 Å². The van der Waals surface area contributed by atoms with E-state index in [4.69, 9.17) is 5.26 Å². The lowest BCUT2D eigenvalue weighted by Gasteiger charge is -2.02. The number of nitrogens with zero attached hydrogens (tertiary/aromatic N) is 3. The van der Waals surface area contributed by atoms with Gasteiger partial charge >= 0.3 is 0 Å². The van der Waals surface area contributed by atoms with E-state index < -0.39 is 0 Å². The van der Waals surface area contributed by atoms with Crippen molar-refractivity contribution >= 4 is 16.5 Å². The zero-order valence-corrected chi connectivity index (χ0v) is 9.58. The summed E-state index contributed by atoms with van der Waals surface area (Å²) in [5, 5.41) is 12.9. The Morgan fingerprint density at radius 1 is 1.50 bits per heavy atom. The molecule has 2 aromatic heterocycles. The molecule has 2 heterocycles. The van der Waals surface area contributed by atoms with Crippen molar-refractivity contribution < 1.29 is 0 Å². The van der Waals surface area contributed by atoms with Gasteiger partial charge in [-0.3, -0.25) is 4.98 Å². The maximum Gasteiger partial charge on any atom is 0.128 e. The zero-order chi connectivity index (χ0) is 11.4. The number of nitrogens with one attached hydrogen (secondary N) is 1. The number of pyridine rings is 1. The fourth-order valence-electron chi connectivity index (χ4n) is 1.30. The molecule has 1 N–H and O–H groups in total. The molecule has 5 heteroatoms. The van der Waals surface area contributed by atoms with Crippen molar-refractivity contribution in [3.63, 3.8) is 0 Å². The molecule has 0 spiro atoms. The van der Waals surface area contributed by atoms with E-state index in [1.807, 2.05) is 25.1 Å². The summed E-state index contributed by atoms with van der Waals surface area (Å²) in [5.74, 6) is 0. The quantitative estimate of drug-likeness (QED) is 0.879. The highest BCUT2D eigenvalue weighted by molar-refractivity contribution is 7.10. The third-order valence-electron chi connectivity index (χ3n) is 2.13. The van der Waals surface area contributed by atoms with Gasteiger partial charge in [0, 0.05) is 6.20 Å². The molecule has 0 aliphatic rings. The molecule has 4 nitrogen and oxygen atoms in total. The van der Waals surface area contributed by atoms with E-state index in [9.17, 15) is 0 Å². The van der Waals surface area contributed by atoms with Gasteiger partial charge in [-0.25, -0.2) is 0 Å². The summed E-state index contributed by atoms with van der Waals surface area (Å²) in [6, 6.07) is 7.90. The number of anilines is 1. The fourth-order valence-corrected chi connectivity index (χ4v) is 2.04. The minimum atomic E-state index is 0.608. The predicted octanol–water partition coefficient (Wildman–Crippen LogP) is 2.33. The van der Waals surface area contributed by atoms with Crippen LogP contribution in [0.15, 0.2) is 24.4 Å². The Labute approximate surface area is 97.7 Å². The van der Waals surface area contributed by atoms with Crippen LogP contribution in [0.25, 0.3) is 0 Å². The van der Waals surface area contributed by atoms with Crippen LogP contribution in [0.4, 0.5) is 5.00 Å². The average Bonchev–Trinajstić information content (AvgIpc) is 2.68. The van der Waals surface area contributed by atoms with Gasteiger partial charge in [0.25, 0.3) is 0 Å². The molecule has 0 atom stereocenters. The van der Waals surface area contributed by atoms with Gasteiger partial charge < -0.3 is 5.32 Å². The fraction of sp³-hybridized carbons (Fsp3) is 0.182. The third kappa shape index (κ3) is 2.18. The minimum Gasteiger partial charge on any atom is -0.369 e. The molecule has 0 aliphatic heterocycles. The molecular weight excluding hydrogens is 220 g/mol. The second-order valence-corrected chi connectivity index (χ2v) is 4.03. The van der Waals surface area contributed by atoms with Crippen molar-refractivity contribution in [1.82, 2.24) is 9.36 Å². The minimum absolute atomic E-state index is 0.608. The second kappa shape index (κ2) is 4.73. The van der Waals surface area contributed by atoms with Crippen LogP contribution in [0.5, 0.6) is 0 Å². The number of nitriles is 1. The zero-order valence-electron chi connectivity index (χ0n) is 8.77. The van der Waals surface area contributed by atoms with Gasteiger partial charge in [-0.05, 0) is 30.6 Å². The molecule has 0 unspecified atom stereocenters. The summed E-state index contributed by atoms with van der Waals surface area (Å²) >= 11 is 1.31. The van der Waals surface area contributed by atoms with Crippen LogP contribution >= 0.6 is 11.5 Å². The van der Waals surface area contributed by atoms with Crippen molar-refractivity contribution in [2.75, 3.05) is 5.32 Å². The molecule has 0 amide bonds. The van der Waals surface area contributed by atoms with E-state index in [1.165, 1.54) is 11.5 Å². The second-order valence-electron chi connectivity index (χ2n) is 3.26. The molecule has 16 heavy (non-hydrogen) atoms. The topological polar surface area (TPSA) is 61.6 Å². The van der Waals surface area contributed by atoms with Crippen LogP contribution in [-0.2, 0) is 6.54 Å². The van der Waals surface area contributed by atoms with Crippen LogP contribution in [0.2, 0.25) is 0 Å². The van der Waals surface area contributed by atoms with Crippen LogP contribution in [-0.4, -0.2) is 9.36 Å². The van der Waals surface area contributed by atoms with Crippen molar-refractivity contribution in [3.05, 3.63) is 41.3 Å². The normalized spacial score (nSPS) is 9.75. The first-order chi connectivity index (χ1) is 7.81. The molecule has 0 saturated heterocycles. The highest BCUT2D eigenvalue weighted by Crippen LogP contribution is 2.23. The lowest BCUT2D eigenvalue weighted by Crippen LogP contribution is -2.00. The summed E-state index contributed by atoms with van der Waals surface area (Å²) in [7, 11) is 0. The smallest absolute Gasteiger partial charge is 0.128 e. The van der Waals surface area contributed by atoms with Gasteiger partial charge in [0.05, 0.1) is 17.9 Å². The highest BCUT2D eigenvalue weighted by atomic mass is 32.1. The average molecular weight is 230 g/mol. The first kappa shape index (κ1) is 10.6. The number of hydrogen-bond acceptors (Lipinski definition) is 5. The molecule has 0 aromatic carbocycles. The standard InChI is InChI=1S/C11H10N4S/c1-8-10(6-12)11(16-15-8)14-7-9-4-2-3-5-13-9/h2-5,14H,7H2,1H3. The molecule has 0 fully saturated rings. The van der Waals surface area contributed by atoms with Crippen molar-refractivity contribution in [1.29, 1.82) is 5.26 Å². The van der Waals surface area contributed by atoms with Crippen LogP contribution in [0, 0.1) is 18.3 Å². The summed E-state index contributed by atoms with van der Waals surface area (Å²) < 4.78 is 4.14. The number of rotatable bonds is 3. The van der Waals surface area contributed by atoms with E-state index in [1.54, 1.807) is 6.20 Å². The third-order valence-corrected chi connectivity index (χ3v) is 3.03. The summed E-state index contributed by atoms with van der Waals surface area (Å²) in [4.78, 5) is 4.19. The van der Waals surface area contributed by atoms with E-state index in [0.717, 1.165) is 16.4 Å². The van der Waals surface area contributed by atoms with E-state index >= 15 is 0 Å². The Kier molecular flexibility index (Phi) is 3.13. The summed E-state index contributed by atoms with van der Waals surface area (Å²) in [6.07, 6.45) is 1.75. The van der Waals surface area contributed by atoms with Gasteiger partial charge in [-0.2, -0.15) is 9.64 Å². The van der Waals surface area contributed by atoms with Crippen LogP contribution < -0.4 is 5.32 Å². The highest BCUT2D eigenvalue weighted by Gasteiger charge is 2.09. The maximum absolute atomic E-state index is 8.95. The van der Waals surface area contributed by atoms with Gasteiger partial charge in [0.1, 0.15) is 16.6 Å². The van der Waals surface area contributed by atoms with Crippen molar-refractivity contribution in [3.8, 4) is 6.07 Å². The van der Waals surface area contributed by atoms with Gasteiger partial charge in [0.15, 0.2) is 0 Å². The molecule has 2 aromatic rings. The maximum atomic E-state index is 8.95. The molecule has 2 rings (SSSR count).